The molecular formula is C22H22Cl2N2O2. The molecule has 2 aromatic carbocycles. The van der Waals surface area contributed by atoms with Crippen LogP contribution in [0.1, 0.15) is 30.0 Å². The van der Waals surface area contributed by atoms with E-state index in [2.05, 4.69) is 30.1 Å². The summed E-state index contributed by atoms with van der Waals surface area (Å²) in [6, 6.07) is 14.5. The predicted molar refractivity (Wildman–Crippen MR) is 117 cm³/mol. The Labute approximate surface area is 175 Å². The van der Waals surface area contributed by atoms with Gasteiger partial charge in [-0.1, -0.05) is 23.2 Å². The number of hydrogen-bond acceptors (Lipinski definition) is 3. The molecule has 28 heavy (non-hydrogen) atoms. The lowest BCUT2D eigenvalue weighted by Gasteiger charge is -2.22. The van der Waals surface area contributed by atoms with Gasteiger partial charge in [0.15, 0.2) is 5.76 Å². The maximum Gasteiger partial charge on any atom is 0.291 e. The quantitative estimate of drug-likeness (QED) is 0.488. The monoisotopic (exact) mass is 416 g/mol. The van der Waals surface area contributed by atoms with Gasteiger partial charge in [-0.15, -0.1) is 0 Å². The smallest absolute Gasteiger partial charge is 0.291 e. The Balaban J connectivity index is 1.78. The number of carbonyl (C=O) groups excluding carboxylic acids is 1. The molecule has 1 amide bonds. The third-order valence-corrected chi connectivity index (χ3v) is 5.16. The minimum atomic E-state index is -0.310. The van der Waals surface area contributed by atoms with Crippen LogP contribution < -0.4 is 10.2 Å². The number of nitrogens with zero attached hydrogens (tertiary/aromatic N) is 1. The molecule has 0 fully saturated rings. The number of furan rings is 1. The lowest BCUT2D eigenvalue weighted by atomic mass is 10.1. The minimum Gasteiger partial charge on any atom is -0.451 e. The van der Waals surface area contributed by atoms with Crippen LogP contribution in [0.4, 0.5) is 11.4 Å². The Morgan fingerprint density at radius 2 is 1.79 bits per heavy atom. The van der Waals surface area contributed by atoms with Gasteiger partial charge in [0.1, 0.15) is 5.76 Å². The number of benzene rings is 2. The standard InChI is InChI=1S/C22H22Cl2N2O2/c1-4-26(5-2)16-7-9-19(14(3)12-16)25-22(27)21-11-10-20(28-21)17-8-6-15(23)13-18(17)24/h6-13H,4-5H2,1-3H3,(H,25,27). The number of halogens is 2. The predicted octanol–water partition coefficient (Wildman–Crippen LogP) is 6.66. The zero-order valence-electron chi connectivity index (χ0n) is 16.1. The molecule has 0 bridgehead atoms. The summed E-state index contributed by atoms with van der Waals surface area (Å²) in [7, 11) is 0. The molecule has 0 spiro atoms. The van der Waals surface area contributed by atoms with E-state index in [0.717, 1.165) is 30.0 Å². The van der Waals surface area contributed by atoms with Crippen molar-refractivity contribution in [3.63, 3.8) is 0 Å². The van der Waals surface area contributed by atoms with E-state index >= 15 is 0 Å². The highest BCUT2D eigenvalue weighted by Gasteiger charge is 2.15. The van der Waals surface area contributed by atoms with Gasteiger partial charge in [0.25, 0.3) is 5.91 Å². The Hall–Kier alpha value is -2.43. The highest BCUT2D eigenvalue weighted by atomic mass is 35.5. The number of amides is 1. The highest BCUT2D eigenvalue weighted by molar-refractivity contribution is 6.36. The van der Waals surface area contributed by atoms with E-state index < -0.39 is 0 Å². The first-order valence-corrected chi connectivity index (χ1v) is 9.90. The fourth-order valence-corrected chi connectivity index (χ4v) is 3.55. The second kappa shape index (κ2) is 8.72. The molecule has 0 saturated heterocycles. The third kappa shape index (κ3) is 4.34. The van der Waals surface area contributed by atoms with Crippen molar-refractivity contribution in [3.05, 3.63) is 69.9 Å². The van der Waals surface area contributed by atoms with Crippen LogP contribution >= 0.6 is 23.2 Å². The first-order chi connectivity index (χ1) is 13.4. The Morgan fingerprint density at radius 1 is 1.04 bits per heavy atom. The summed E-state index contributed by atoms with van der Waals surface area (Å²) in [5.74, 6) is 0.420. The largest absolute Gasteiger partial charge is 0.451 e. The summed E-state index contributed by atoms with van der Waals surface area (Å²) in [6.07, 6.45) is 0. The van der Waals surface area contributed by atoms with Crippen LogP contribution in [-0.4, -0.2) is 19.0 Å². The molecule has 0 unspecified atom stereocenters. The first kappa shape index (κ1) is 20.3. The molecule has 4 nitrogen and oxygen atoms in total. The maximum atomic E-state index is 12.6. The van der Waals surface area contributed by atoms with Gasteiger partial charge < -0.3 is 14.6 Å². The van der Waals surface area contributed by atoms with Crippen LogP contribution in [0.3, 0.4) is 0 Å². The molecule has 1 aromatic heterocycles. The van der Waals surface area contributed by atoms with Gasteiger partial charge >= 0.3 is 0 Å². The maximum absolute atomic E-state index is 12.6. The number of anilines is 2. The molecule has 0 aliphatic carbocycles. The van der Waals surface area contributed by atoms with Crippen LogP contribution in [0.2, 0.25) is 10.0 Å². The third-order valence-electron chi connectivity index (χ3n) is 4.61. The van der Waals surface area contributed by atoms with E-state index in [4.69, 9.17) is 27.6 Å². The molecule has 0 aliphatic heterocycles. The molecule has 1 heterocycles. The van der Waals surface area contributed by atoms with Gasteiger partial charge in [-0.05, 0) is 74.9 Å². The number of nitrogens with one attached hydrogen (secondary N) is 1. The molecule has 0 saturated carbocycles. The van der Waals surface area contributed by atoms with E-state index in [1.165, 1.54) is 0 Å². The first-order valence-electron chi connectivity index (χ1n) is 9.15. The van der Waals surface area contributed by atoms with Crippen LogP contribution in [0.5, 0.6) is 0 Å². The number of aryl methyl sites for hydroxylation is 1. The van der Waals surface area contributed by atoms with Crippen molar-refractivity contribution in [3.8, 4) is 11.3 Å². The SMILES string of the molecule is CCN(CC)c1ccc(NC(=O)c2ccc(-c3ccc(Cl)cc3Cl)o2)c(C)c1. The second-order valence-corrected chi connectivity index (χ2v) is 7.26. The summed E-state index contributed by atoms with van der Waals surface area (Å²) >= 11 is 12.2. The van der Waals surface area contributed by atoms with Crippen LogP contribution in [-0.2, 0) is 0 Å². The summed E-state index contributed by atoms with van der Waals surface area (Å²) in [4.78, 5) is 14.9. The van der Waals surface area contributed by atoms with E-state index in [1.807, 2.05) is 19.1 Å². The molecule has 3 aromatic rings. The number of rotatable bonds is 6. The average molecular weight is 417 g/mol. The molecule has 146 valence electrons. The zero-order valence-corrected chi connectivity index (χ0v) is 17.6. The molecule has 6 heteroatoms. The molecule has 0 atom stereocenters. The minimum absolute atomic E-state index is 0.216. The van der Waals surface area contributed by atoms with Gasteiger partial charge in [-0.3, -0.25) is 4.79 Å². The van der Waals surface area contributed by atoms with Crippen molar-refractivity contribution in [2.45, 2.75) is 20.8 Å². The zero-order chi connectivity index (χ0) is 20.3. The van der Waals surface area contributed by atoms with E-state index in [9.17, 15) is 4.79 Å². The Kier molecular flexibility index (Phi) is 6.32. The van der Waals surface area contributed by atoms with Gasteiger partial charge in [0.05, 0.1) is 5.02 Å². The topological polar surface area (TPSA) is 45.5 Å². The van der Waals surface area contributed by atoms with Crippen LogP contribution in [0, 0.1) is 6.92 Å². The second-order valence-electron chi connectivity index (χ2n) is 6.41. The Bertz CT molecular complexity index is 994. The van der Waals surface area contributed by atoms with Gasteiger partial charge in [-0.25, -0.2) is 0 Å². The van der Waals surface area contributed by atoms with Crippen molar-refractivity contribution in [1.29, 1.82) is 0 Å². The lowest BCUT2D eigenvalue weighted by Crippen LogP contribution is -2.22. The van der Waals surface area contributed by atoms with Gasteiger partial charge in [0, 0.05) is 35.1 Å². The summed E-state index contributed by atoms with van der Waals surface area (Å²) < 4.78 is 5.71. The lowest BCUT2D eigenvalue weighted by molar-refractivity contribution is 0.0997. The van der Waals surface area contributed by atoms with Crippen LogP contribution in [0.25, 0.3) is 11.3 Å². The molecule has 3 rings (SSSR count). The molecule has 0 aliphatic rings. The van der Waals surface area contributed by atoms with E-state index in [-0.39, 0.29) is 11.7 Å². The number of hydrogen-bond donors (Lipinski definition) is 1. The number of carbonyl (C=O) groups is 1. The molecule has 1 N–H and O–H groups in total. The summed E-state index contributed by atoms with van der Waals surface area (Å²) in [5, 5.41) is 3.92. The van der Waals surface area contributed by atoms with Crippen molar-refractivity contribution >= 4 is 40.5 Å². The van der Waals surface area contributed by atoms with Gasteiger partial charge in [-0.2, -0.15) is 0 Å². The van der Waals surface area contributed by atoms with E-state index in [1.54, 1.807) is 30.3 Å². The molecular weight excluding hydrogens is 395 g/mol. The summed E-state index contributed by atoms with van der Waals surface area (Å²) in [6.45, 7) is 8.09. The fourth-order valence-electron chi connectivity index (χ4n) is 3.05. The Morgan fingerprint density at radius 3 is 2.43 bits per heavy atom. The van der Waals surface area contributed by atoms with Crippen molar-refractivity contribution in [2.24, 2.45) is 0 Å². The van der Waals surface area contributed by atoms with Crippen LogP contribution in [0.15, 0.2) is 52.9 Å². The van der Waals surface area contributed by atoms with Gasteiger partial charge in [0.2, 0.25) is 0 Å². The normalized spacial score (nSPS) is 10.8. The average Bonchev–Trinajstić information content (AvgIpc) is 3.15. The van der Waals surface area contributed by atoms with Crippen molar-refractivity contribution in [1.82, 2.24) is 0 Å². The molecule has 0 radical (unpaired) electrons. The van der Waals surface area contributed by atoms with E-state index in [0.29, 0.717) is 21.4 Å². The highest BCUT2D eigenvalue weighted by Crippen LogP contribution is 2.32. The van der Waals surface area contributed by atoms with Crippen molar-refractivity contribution < 1.29 is 9.21 Å². The van der Waals surface area contributed by atoms with Crippen molar-refractivity contribution in [2.75, 3.05) is 23.3 Å². The fraction of sp³-hybridized carbons (Fsp3) is 0.227. The summed E-state index contributed by atoms with van der Waals surface area (Å²) in [5.41, 5.74) is 3.57.